The van der Waals surface area contributed by atoms with E-state index in [1.54, 1.807) is 0 Å². The van der Waals surface area contributed by atoms with Gasteiger partial charge in [0.2, 0.25) is 5.28 Å². The van der Waals surface area contributed by atoms with Crippen LogP contribution in [0.15, 0.2) is 6.20 Å². The number of aromatic amines is 1. The number of alkyl halides is 1. The predicted octanol–water partition coefficient (Wildman–Crippen LogP) is 2.00. The molecule has 1 rings (SSSR count). The lowest BCUT2D eigenvalue weighted by molar-refractivity contribution is 0.0500. The molecule has 0 aliphatic rings. The van der Waals surface area contributed by atoms with Crippen molar-refractivity contribution in [3.05, 3.63) is 17.2 Å². The Morgan fingerprint density at radius 2 is 2.54 bits per heavy atom. The molecule has 1 aromatic rings. The number of rotatable bonds is 4. The fraction of sp³-hybridized carbons (Fsp3) is 0.429. The molecule has 0 spiro atoms. The number of hydrogen-bond acceptors (Lipinski definition) is 3. The van der Waals surface area contributed by atoms with Gasteiger partial charge >= 0.3 is 5.97 Å². The van der Waals surface area contributed by atoms with E-state index in [4.69, 9.17) is 16.3 Å². The van der Waals surface area contributed by atoms with Crippen molar-refractivity contribution in [1.82, 2.24) is 9.97 Å². The van der Waals surface area contributed by atoms with E-state index in [2.05, 4.69) is 25.9 Å². The third-order valence-corrected chi connectivity index (χ3v) is 2.03. The summed E-state index contributed by atoms with van der Waals surface area (Å²) in [7, 11) is 0. The van der Waals surface area contributed by atoms with Gasteiger partial charge < -0.3 is 9.72 Å². The van der Waals surface area contributed by atoms with Crippen LogP contribution in [-0.2, 0) is 4.74 Å². The average Bonchev–Trinajstić information content (AvgIpc) is 2.52. The molecule has 6 heteroatoms. The van der Waals surface area contributed by atoms with Gasteiger partial charge in [-0.1, -0.05) is 15.9 Å². The fourth-order valence-corrected chi connectivity index (χ4v) is 1.08. The van der Waals surface area contributed by atoms with Crippen molar-refractivity contribution in [1.29, 1.82) is 0 Å². The zero-order valence-corrected chi connectivity index (χ0v) is 9.06. The van der Waals surface area contributed by atoms with Crippen molar-refractivity contribution in [2.24, 2.45) is 0 Å². The van der Waals surface area contributed by atoms with Crippen molar-refractivity contribution in [3.63, 3.8) is 0 Å². The lowest BCUT2D eigenvalue weighted by Crippen LogP contribution is -2.06. The van der Waals surface area contributed by atoms with Crippen LogP contribution in [0.25, 0.3) is 0 Å². The Kier molecular flexibility index (Phi) is 4.24. The third kappa shape index (κ3) is 3.36. The first-order valence-corrected chi connectivity index (χ1v) is 5.17. The molecule has 0 unspecified atom stereocenters. The van der Waals surface area contributed by atoms with Crippen LogP contribution in [-0.4, -0.2) is 27.9 Å². The van der Waals surface area contributed by atoms with Crippen LogP contribution in [0.5, 0.6) is 0 Å². The largest absolute Gasteiger partial charge is 0.461 e. The van der Waals surface area contributed by atoms with Gasteiger partial charge in [-0.2, -0.15) is 0 Å². The van der Waals surface area contributed by atoms with Gasteiger partial charge in [0.05, 0.1) is 12.8 Å². The summed E-state index contributed by atoms with van der Waals surface area (Å²) in [4.78, 5) is 17.4. The minimum atomic E-state index is -0.430. The monoisotopic (exact) mass is 266 g/mol. The van der Waals surface area contributed by atoms with E-state index in [-0.39, 0.29) is 11.0 Å². The summed E-state index contributed by atoms with van der Waals surface area (Å²) in [5.41, 5.74) is 0.277. The molecule has 1 aromatic heterocycles. The number of carbonyl (C=O) groups excluding carboxylic acids is 1. The molecule has 0 fully saturated rings. The second-order valence-corrected chi connectivity index (χ2v) is 3.42. The number of H-pyrrole nitrogens is 1. The van der Waals surface area contributed by atoms with Crippen LogP contribution in [0.2, 0.25) is 5.28 Å². The molecule has 1 N–H and O–H groups in total. The molecule has 0 saturated heterocycles. The first-order valence-electron chi connectivity index (χ1n) is 3.67. The molecule has 13 heavy (non-hydrogen) atoms. The minimum absolute atomic E-state index is 0.187. The molecule has 0 saturated carbocycles. The van der Waals surface area contributed by atoms with E-state index in [0.29, 0.717) is 6.61 Å². The van der Waals surface area contributed by atoms with Crippen molar-refractivity contribution in [2.45, 2.75) is 6.42 Å². The van der Waals surface area contributed by atoms with E-state index in [0.717, 1.165) is 11.8 Å². The molecule has 0 aliphatic carbocycles. The number of imidazole rings is 1. The van der Waals surface area contributed by atoms with E-state index in [1.807, 2.05) is 0 Å². The highest BCUT2D eigenvalue weighted by atomic mass is 79.9. The Labute approximate surface area is 88.8 Å². The second kappa shape index (κ2) is 5.24. The summed E-state index contributed by atoms with van der Waals surface area (Å²) in [6, 6.07) is 0. The highest BCUT2D eigenvalue weighted by Crippen LogP contribution is 2.04. The van der Waals surface area contributed by atoms with Gasteiger partial charge in [0.15, 0.2) is 0 Å². The molecule has 0 atom stereocenters. The number of esters is 1. The maximum Gasteiger partial charge on any atom is 0.356 e. The van der Waals surface area contributed by atoms with Gasteiger partial charge in [-0.25, -0.2) is 9.78 Å². The summed E-state index contributed by atoms with van der Waals surface area (Å²) in [5.74, 6) is -0.430. The molecule has 1 heterocycles. The Bertz CT molecular complexity index is 290. The lowest BCUT2D eigenvalue weighted by Gasteiger charge is -1.99. The molecule has 0 aliphatic heterocycles. The standard InChI is InChI=1S/C7H8BrClN2O2/c8-2-1-3-13-6(12)5-4-10-7(9)11-5/h4H,1-3H2,(H,10,11). The molecule has 0 amide bonds. The molecule has 0 bridgehead atoms. The quantitative estimate of drug-likeness (QED) is 0.516. The van der Waals surface area contributed by atoms with E-state index < -0.39 is 5.97 Å². The lowest BCUT2D eigenvalue weighted by atomic mass is 10.5. The number of hydrogen-bond donors (Lipinski definition) is 1. The first-order chi connectivity index (χ1) is 6.24. The van der Waals surface area contributed by atoms with Crippen LogP contribution in [0.3, 0.4) is 0 Å². The maximum atomic E-state index is 11.2. The van der Waals surface area contributed by atoms with Gasteiger partial charge in [-0.15, -0.1) is 0 Å². The van der Waals surface area contributed by atoms with Crippen molar-refractivity contribution in [2.75, 3.05) is 11.9 Å². The Hall–Kier alpha value is -0.550. The van der Waals surface area contributed by atoms with Crippen LogP contribution >= 0.6 is 27.5 Å². The zero-order valence-electron chi connectivity index (χ0n) is 6.72. The Morgan fingerprint density at radius 3 is 3.08 bits per heavy atom. The van der Waals surface area contributed by atoms with Crippen LogP contribution < -0.4 is 0 Å². The van der Waals surface area contributed by atoms with Crippen molar-refractivity contribution >= 4 is 33.5 Å². The van der Waals surface area contributed by atoms with E-state index >= 15 is 0 Å². The maximum absolute atomic E-state index is 11.2. The number of ether oxygens (including phenoxy) is 1. The smallest absolute Gasteiger partial charge is 0.356 e. The van der Waals surface area contributed by atoms with Gasteiger partial charge in [-0.05, 0) is 18.0 Å². The van der Waals surface area contributed by atoms with Gasteiger partial charge in [0, 0.05) is 5.33 Å². The summed E-state index contributed by atoms with van der Waals surface area (Å²) in [6.07, 6.45) is 2.13. The first kappa shape index (κ1) is 10.5. The van der Waals surface area contributed by atoms with E-state index in [9.17, 15) is 4.79 Å². The fourth-order valence-electron chi connectivity index (χ4n) is 0.698. The average molecular weight is 268 g/mol. The van der Waals surface area contributed by atoms with Crippen molar-refractivity contribution < 1.29 is 9.53 Å². The second-order valence-electron chi connectivity index (χ2n) is 2.27. The van der Waals surface area contributed by atoms with Crippen LogP contribution in [0, 0.1) is 0 Å². The van der Waals surface area contributed by atoms with Crippen LogP contribution in [0.4, 0.5) is 0 Å². The summed E-state index contributed by atoms with van der Waals surface area (Å²) in [5, 5.41) is 0.997. The van der Waals surface area contributed by atoms with Gasteiger partial charge in [-0.3, -0.25) is 0 Å². The Balaban J connectivity index is 2.40. The minimum Gasteiger partial charge on any atom is -0.461 e. The number of aromatic nitrogens is 2. The Morgan fingerprint density at radius 1 is 1.77 bits per heavy atom. The highest BCUT2D eigenvalue weighted by molar-refractivity contribution is 9.09. The van der Waals surface area contributed by atoms with Crippen LogP contribution in [0.1, 0.15) is 16.9 Å². The number of carbonyl (C=O) groups is 1. The van der Waals surface area contributed by atoms with Gasteiger partial charge in [0.25, 0.3) is 0 Å². The molecule has 0 radical (unpaired) electrons. The topological polar surface area (TPSA) is 55.0 Å². The molecular weight excluding hydrogens is 259 g/mol. The molecule has 72 valence electrons. The molecular formula is C7H8BrClN2O2. The predicted molar refractivity (Wildman–Crippen MR) is 52.3 cm³/mol. The number of nitrogens with one attached hydrogen (secondary N) is 1. The zero-order chi connectivity index (χ0) is 9.68. The summed E-state index contributed by atoms with van der Waals surface area (Å²) >= 11 is 8.71. The third-order valence-electron chi connectivity index (χ3n) is 1.28. The summed E-state index contributed by atoms with van der Waals surface area (Å²) in [6.45, 7) is 0.390. The van der Waals surface area contributed by atoms with Gasteiger partial charge in [0.1, 0.15) is 5.69 Å². The summed E-state index contributed by atoms with van der Waals surface area (Å²) < 4.78 is 4.88. The number of halogens is 2. The highest BCUT2D eigenvalue weighted by Gasteiger charge is 2.09. The van der Waals surface area contributed by atoms with Crippen molar-refractivity contribution in [3.8, 4) is 0 Å². The normalized spacial score (nSPS) is 10.0. The number of nitrogens with zero attached hydrogens (tertiary/aromatic N) is 1. The van der Waals surface area contributed by atoms with E-state index in [1.165, 1.54) is 6.20 Å². The SMILES string of the molecule is O=C(OCCCBr)c1cnc(Cl)[nH]1. The molecule has 0 aromatic carbocycles. The molecule has 4 nitrogen and oxygen atoms in total.